The van der Waals surface area contributed by atoms with E-state index in [1.165, 1.54) is 24.9 Å². The molecule has 0 unspecified atom stereocenters. The van der Waals surface area contributed by atoms with Crippen LogP contribution >= 0.6 is 11.8 Å². The van der Waals surface area contributed by atoms with Crippen LogP contribution in [0.3, 0.4) is 0 Å². The van der Waals surface area contributed by atoms with Crippen LogP contribution in [0.4, 0.5) is 0 Å². The van der Waals surface area contributed by atoms with Crippen LogP contribution in [0.15, 0.2) is 24.3 Å². The van der Waals surface area contributed by atoms with E-state index >= 15 is 0 Å². The molecule has 7 heteroatoms. The smallest absolute Gasteiger partial charge is 0.320 e. The SMILES string of the molecule is COC(=O)[C@H]1CN(C(=O)/C=C/c2cc(OC)cc(OC)c2)CCS1. The van der Waals surface area contributed by atoms with Crippen molar-refractivity contribution in [2.45, 2.75) is 5.25 Å². The molecular formula is C17H21NO5S. The van der Waals surface area contributed by atoms with Crippen LogP contribution in [-0.4, -0.2) is 62.2 Å². The predicted molar refractivity (Wildman–Crippen MR) is 93.4 cm³/mol. The van der Waals surface area contributed by atoms with E-state index in [1.54, 1.807) is 31.3 Å². The van der Waals surface area contributed by atoms with Gasteiger partial charge in [-0.2, -0.15) is 0 Å². The predicted octanol–water partition coefficient (Wildman–Crippen LogP) is 1.83. The molecule has 0 N–H and O–H groups in total. The second-order valence-corrected chi connectivity index (χ2v) is 6.46. The van der Waals surface area contributed by atoms with Crippen LogP contribution in [-0.2, 0) is 14.3 Å². The molecule has 1 aromatic carbocycles. The molecule has 24 heavy (non-hydrogen) atoms. The molecule has 0 saturated carbocycles. The fourth-order valence-corrected chi connectivity index (χ4v) is 3.45. The number of amides is 1. The van der Waals surface area contributed by atoms with Gasteiger partial charge in [0.15, 0.2) is 0 Å². The fraction of sp³-hybridized carbons (Fsp3) is 0.412. The van der Waals surface area contributed by atoms with Gasteiger partial charge in [0.2, 0.25) is 5.91 Å². The highest BCUT2D eigenvalue weighted by Gasteiger charge is 2.28. The van der Waals surface area contributed by atoms with Crippen LogP contribution < -0.4 is 9.47 Å². The number of hydrogen-bond donors (Lipinski definition) is 0. The van der Waals surface area contributed by atoms with E-state index < -0.39 is 0 Å². The summed E-state index contributed by atoms with van der Waals surface area (Å²) >= 11 is 1.52. The van der Waals surface area contributed by atoms with Crippen LogP contribution in [0.25, 0.3) is 6.08 Å². The summed E-state index contributed by atoms with van der Waals surface area (Å²) < 4.78 is 15.2. The summed E-state index contributed by atoms with van der Waals surface area (Å²) in [5, 5.41) is -0.321. The summed E-state index contributed by atoms with van der Waals surface area (Å²) in [7, 11) is 4.51. The molecule has 0 bridgehead atoms. The number of esters is 1. The molecule has 0 radical (unpaired) electrons. The molecule has 1 fully saturated rings. The lowest BCUT2D eigenvalue weighted by molar-refractivity contribution is -0.140. The second kappa shape index (κ2) is 8.63. The first-order valence-electron chi connectivity index (χ1n) is 7.47. The van der Waals surface area contributed by atoms with Crippen molar-refractivity contribution in [2.75, 3.05) is 40.2 Å². The minimum absolute atomic E-state index is 0.133. The third-order valence-electron chi connectivity index (χ3n) is 3.63. The molecule has 0 aliphatic carbocycles. The van der Waals surface area contributed by atoms with Crippen molar-refractivity contribution in [3.05, 3.63) is 29.8 Å². The van der Waals surface area contributed by atoms with Crippen LogP contribution in [0, 0.1) is 0 Å². The number of rotatable bonds is 5. The van der Waals surface area contributed by atoms with Crippen LogP contribution in [0.2, 0.25) is 0 Å². The molecule has 1 aliphatic heterocycles. The van der Waals surface area contributed by atoms with Gasteiger partial charge < -0.3 is 19.1 Å². The monoisotopic (exact) mass is 351 g/mol. The Morgan fingerprint density at radius 1 is 1.17 bits per heavy atom. The molecule has 1 aliphatic rings. The lowest BCUT2D eigenvalue weighted by Gasteiger charge is -2.30. The van der Waals surface area contributed by atoms with Gasteiger partial charge in [-0.25, -0.2) is 0 Å². The number of benzene rings is 1. The van der Waals surface area contributed by atoms with Gasteiger partial charge in [-0.15, -0.1) is 11.8 Å². The Balaban J connectivity index is 2.06. The highest BCUT2D eigenvalue weighted by Crippen LogP contribution is 2.24. The minimum Gasteiger partial charge on any atom is -0.497 e. The lowest BCUT2D eigenvalue weighted by atomic mass is 10.2. The average Bonchev–Trinajstić information content (AvgIpc) is 2.65. The first-order chi connectivity index (χ1) is 11.6. The largest absolute Gasteiger partial charge is 0.497 e. The Kier molecular flexibility index (Phi) is 6.54. The Morgan fingerprint density at radius 2 is 1.83 bits per heavy atom. The fourth-order valence-electron chi connectivity index (χ4n) is 2.32. The number of nitrogens with zero attached hydrogens (tertiary/aromatic N) is 1. The highest BCUT2D eigenvalue weighted by atomic mass is 32.2. The van der Waals surface area contributed by atoms with Crippen LogP contribution in [0.5, 0.6) is 11.5 Å². The zero-order chi connectivity index (χ0) is 17.5. The molecule has 1 heterocycles. The summed E-state index contributed by atoms with van der Waals surface area (Å²) in [5.74, 6) is 1.60. The van der Waals surface area contributed by atoms with Crippen molar-refractivity contribution in [3.8, 4) is 11.5 Å². The molecule has 1 saturated heterocycles. The molecule has 130 valence electrons. The third-order valence-corrected chi connectivity index (χ3v) is 4.80. The number of hydrogen-bond acceptors (Lipinski definition) is 6. The first-order valence-corrected chi connectivity index (χ1v) is 8.51. The molecule has 0 spiro atoms. The summed E-state index contributed by atoms with van der Waals surface area (Å²) in [6, 6.07) is 5.40. The van der Waals surface area contributed by atoms with E-state index in [0.29, 0.717) is 30.3 Å². The standard InChI is InChI=1S/C17H21NO5S/c1-21-13-8-12(9-14(10-13)22-2)4-5-16(19)18-6-7-24-15(11-18)17(20)23-3/h4-5,8-10,15H,6-7,11H2,1-3H3/b5-4+/t15-/m1/s1. The maximum atomic E-state index is 12.4. The first kappa shape index (κ1) is 18.2. The van der Waals surface area contributed by atoms with Crippen molar-refractivity contribution in [1.82, 2.24) is 4.90 Å². The maximum Gasteiger partial charge on any atom is 0.320 e. The Hall–Kier alpha value is -2.15. The number of carbonyl (C=O) groups is 2. The van der Waals surface area contributed by atoms with Gasteiger partial charge in [0.1, 0.15) is 16.7 Å². The molecular weight excluding hydrogens is 330 g/mol. The van der Waals surface area contributed by atoms with E-state index in [9.17, 15) is 9.59 Å². The van der Waals surface area contributed by atoms with Crippen molar-refractivity contribution in [2.24, 2.45) is 0 Å². The molecule has 2 rings (SSSR count). The van der Waals surface area contributed by atoms with Gasteiger partial charge in [0, 0.05) is 31.0 Å². The molecule has 1 atom stereocenters. The van der Waals surface area contributed by atoms with E-state index in [1.807, 2.05) is 12.1 Å². The van der Waals surface area contributed by atoms with Crippen molar-refractivity contribution >= 4 is 29.7 Å². The van der Waals surface area contributed by atoms with Gasteiger partial charge in [-0.3, -0.25) is 9.59 Å². The van der Waals surface area contributed by atoms with Crippen molar-refractivity contribution < 1.29 is 23.8 Å². The topological polar surface area (TPSA) is 65.1 Å². The molecule has 1 amide bonds. The average molecular weight is 351 g/mol. The maximum absolute atomic E-state index is 12.4. The van der Waals surface area contributed by atoms with Gasteiger partial charge in [0.25, 0.3) is 0 Å². The highest BCUT2D eigenvalue weighted by molar-refractivity contribution is 8.00. The number of carbonyl (C=O) groups excluding carboxylic acids is 2. The Labute approximate surface area is 145 Å². The second-order valence-electron chi connectivity index (χ2n) is 5.15. The van der Waals surface area contributed by atoms with Crippen molar-refractivity contribution in [3.63, 3.8) is 0 Å². The van der Waals surface area contributed by atoms with Gasteiger partial charge in [0.05, 0.1) is 21.3 Å². The van der Waals surface area contributed by atoms with E-state index in [4.69, 9.17) is 14.2 Å². The Bertz CT molecular complexity index is 609. The zero-order valence-corrected chi connectivity index (χ0v) is 14.8. The number of methoxy groups -OCH3 is 3. The lowest BCUT2D eigenvalue weighted by Crippen LogP contribution is -2.44. The minimum atomic E-state index is -0.321. The van der Waals surface area contributed by atoms with E-state index in [2.05, 4.69) is 0 Å². The van der Waals surface area contributed by atoms with Crippen molar-refractivity contribution in [1.29, 1.82) is 0 Å². The molecule has 0 aromatic heterocycles. The summed E-state index contributed by atoms with van der Waals surface area (Å²) in [6.45, 7) is 0.977. The van der Waals surface area contributed by atoms with E-state index in [-0.39, 0.29) is 17.1 Å². The third kappa shape index (κ3) is 4.67. The van der Waals surface area contributed by atoms with Gasteiger partial charge >= 0.3 is 5.97 Å². The quantitative estimate of drug-likeness (QED) is 0.596. The number of ether oxygens (including phenoxy) is 3. The normalized spacial score (nSPS) is 17.6. The molecule has 6 nitrogen and oxygen atoms in total. The summed E-state index contributed by atoms with van der Waals surface area (Å²) in [6.07, 6.45) is 3.21. The van der Waals surface area contributed by atoms with E-state index in [0.717, 1.165) is 5.56 Å². The summed E-state index contributed by atoms with van der Waals surface area (Å²) in [5.41, 5.74) is 0.801. The number of thioether (sulfide) groups is 1. The summed E-state index contributed by atoms with van der Waals surface area (Å²) in [4.78, 5) is 25.6. The van der Waals surface area contributed by atoms with Gasteiger partial charge in [-0.1, -0.05) is 0 Å². The zero-order valence-electron chi connectivity index (χ0n) is 14.0. The molecule has 1 aromatic rings. The Morgan fingerprint density at radius 3 is 2.42 bits per heavy atom. The van der Waals surface area contributed by atoms with Crippen LogP contribution in [0.1, 0.15) is 5.56 Å². The van der Waals surface area contributed by atoms with Gasteiger partial charge in [-0.05, 0) is 23.8 Å².